The van der Waals surface area contributed by atoms with Crippen molar-refractivity contribution >= 4 is 43.8 Å². The number of allylic oxidation sites excluding steroid dienone is 1. The minimum atomic E-state index is 1.13. The zero-order chi connectivity index (χ0) is 17.2. The molecule has 25 heavy (non-hydrogen) atoms. The Labute approximate surface area is 156 Å². The molecule has 1 heterocycles. The van der Waals surface area contributed by atoms with Gasteiger partial charge in [0.1, 0.15) is 0 Å². The quantitative estimate of drug-likeness (QED) is 0.313. The number of hydrogen-bond donors (Lipinski definition) is 0. The minimum absolute atomic E-state index is 1.13. The number of nitrogens with zero attached hydrogens (tertiary/aromatic N) is 1. The van der Waals surface area contributed by atoms with Crippen molar-refractivity contribution in [2.75, 3.05) is 0 Å². The third-order valence-electron chi connectivity index (χ3n) is 4.81. The molecule has 0 saturated heterocycles. The third-order valence-corrected chi connectivity index (χ3v) is 5.30. The first-order valence-corrected chi connectivity index (χ1v) is 9.40. The van der Waals surface area contributed by atoms with Crippen LogP contribution in [-0.4, -0.2) is 4.57 Å². The Bertz CT molecular complexity index is 1070. The average Bonchev–Trinajstić information content (AvgIpc) is 2.95. The number of halogens is 1. The van der Waals surface area contributed by atoms with Crippen LogP contribution in [0.4, 0.5) is 0 Å². The zero-order valence-electron chi connectivity index (χ0n) is 14.2. The molecule has 4 aromatic rings. The van der Waals surface area contributed by atoms with Crippen LogP contribution in [0.25, 0.3) is 27.9 Å². The third kappa shape index (κ3) is 3.14. The summed E-state index contributed by atoms with van der Waals surface area (Å²) in [6, 6.07) is 23.5. The summed E-state index contributed by atoms with van der Waals surface area (Å²) in [4.78, 5) is 0. The van der Waals surface area contributed by atoms with Gasteiger partial charge in [-0.15, -0.1) is 0 Å². The molecule has 0 unspecified atom stereocenters. The van der Waals surface area contributed by atoms with Crippen LogP contribution in [0.1, 0.15) is 17.5 Å². The molecule has 1 aromatic heterocycles. The molecule has 1 aliphatic rings. The van der Waals surface area contributed by atoms with Crippen molar-refractivity contribution in [1.82, 2.24) is 4.57 Å². The fourth-order valence-corrected chi connectivity index (χ4v) is 3.87. The highest BCUT2D eigenvalue weighted by molar-refractivity contribution is 9.10. The van der Waals surface area contributed by atoms with Crippen molar-refractivity contribution in [2.24, 2.45) is 7.05 Å². The number of para-hydroxylation sites is 1. The van der Waals surface area contributed by atoms with Crippen LogP contribution in [-0.2, 0) is 13.5 Å². The highest BCUT2D eigenvalue weighted by Crippen LogP contribution is 2.29. The fourth-order valence-electron chi connectivity index (χ4n) is 3.51. The second-order valence-corrected chi connectivity index (χ2v) is 7.29. The Morgan fingerprint density at radius 2 is 1.60 bits per heavy atom. The molecule has 0 spiro atoms. The van der Waals surface area contributed by atoms with Crippen molar-refractivity contribution in [3.05, 3.63) is 88.4 Å². The Morgan fingerprint density at radius 1 is 0.840 bits per heavy atom. The highest BCUT2D eigenvalue weighted by atomic mass is 79.9. The molecule has 0 bridgehead atoms. The van der Waals surface area contributed by atoms with Crippen LogP contribution in [0, 0.1) is 0 Å². The van der Waals surface area contributed by atoms with E-state index in [1.165, 1.54) is 45.8 Å². The molecule has 0 aliphatic heterocycles. The summed E-state index contributed by atoms with van der Waals surface area (Å²) in [5, 5.41) is 2.62. The SMILES string of the molecule is C1=Cc2ccccc2CC1.Cn1c2ccccc2c2cc(Br)ccc21. The van der Waals surface area contributed by atoms with Gasteiger partial charge < -0.3 is 4.57 Å². The Morgan fingerprint density at radius 3 is 2.48 bits per heavy atom. The lowest BCUT2D eigenvalue weighted by Crippen LogP contribution is -1.91. The van der Waals surface area contributed by atoms with E-state index in [0.717, 1.165) is 4.47 Å². The first kappa shape index (κ1) is 16.2. The van der Waals surface area contributed by atoms with E-state index < -0.39 is 0 Å². The molecule has 1 aliphatic carbocycles. The summed E-state index contributed by atoms with van der Waals surface area (Å²) < 4.78 is 3.36. The lowest BCUT2D eigenvalue weighted by molar-refractivity contribution is 0.986. The monoisotopic (exact) mass is 389 g/mol. The van der Waals surface area contributed by atoms with Crippen LogP contribution in [0.15, 0.2) is 77.3 Å². The summed E-state index contributed by atoms with van der Waals surface area (Å²) >= 11 is 3.52. The summed E-state index contributed by atoms with van der Waals surface area (Å²) in [7, 11) is 2.11. The van der Waals surface area contributed by atoms with Gasteiger partial charge in [-0.1, -0.05) is 70.5 Å². The summed E-state index contributed by atoms with van der Waals surface area (Å²) in [6.07, 6.45) is 6.87. The molecule has 1 nitrogen and oxygen atoms in total. The van der Waals surface area contributed by atoms with Gasteiger partial charge in [-0.25, -0.2) is 0 Å². The molecule has 0 atom stereocenters. The number of aromatic nitrogens is 1. The second kappa shape index (κ2) is 6.89. The van der Waals surface area contributed by atoms with Gasteiger partial charge in [0.15, 0.2) is 0 Å². The lowest BCUT2D eigenvalue weighted by Gasteiger charge is -2.07. The molecule has 0 N–H and O–H groups in total. The zero-order valence-corrected chi connectivity index (χ0v) is 15.8. The molecular formula is C23H20BrN. The van der Waals surface area contributed by atoms with Crippen molar-refractivity contribution in [2.45, 2.75) is 12.8 Å². The van der Waals surface area contributed by atoms with Crippen LogP contribution in [0.2, 0.25) is 0 Å². The summed E-state index contributed by atoms with van der Waals surface area (Å²) in [5.41, 5.74) is 5.45. The molecule has 124 valence electrons. The smallest absolute Gasteiger partial charge is 0.0489 e. The molecule has 0 fully saturated rings. The predicted octanol–water partition coefficient (Wildman–Crippen LogP) is 6.74. The van der Waals surface area contributed by atoms with E-state index >= 15 is 0 Å². The van der Waals surface area contributed by atoms with Crippen LogP contribution in [0.3, 0.4) is 0 Å². The van der Waals surface area contributed by atoms with Gasteiger partial charge >= 0.3 is 0 Å². The maximum atomic E-state index is 3.52. The molecule has 0 radical (unpaired) electrons. The van der Waals surface area contributed by atoms with Crippen molar-refractivity contribution in [3.63, 3.8) is 0 Å². The predicted molar refractivity (Wildman–Crippen MR) is 112 cm³/mol. The topological polar surface area (TPSA) is 4.93 Å². The van der Waals surface area contributed by atoms with E-state index in [4.69, 9.17) is 0 Å². The highest BCUT2D eigenvalue weighted by Gasteiger charge is 2.06. The van der Waals surface area contributed by atoms with E-state index in [0.29, 0.717) is 0 Å². The molecule has 5 rings (SSSR count). The van der Waals surface area contributed by atoms with Crippen molar-refractivity contribution < 1.29 is 0 Å². The van der Waals surface area contributed by atoms with Gasteiger partial charge in [0.25, 0.3) is 0 Å². The molecule has 0 saturated carbocycles. The number of fused-ring (bicyclic) bond motifs is 4. The number of hydrogen-bond acceptors (Lipinski definition) is 0. The fraction of sp³-hybridized carbons (Fsp3) is 0.130. The van der Waals surface area contributed by atoms with Gasteiger partial charge in [-0.05, 0) is 48.2 Å². The molecular weight excluding hydrogens is 370 g/mol. The van der Waals surface area contributed by atoms with E-state index in [-0.39, 0.29) is 0 Å². The maximum absolute atomic E-state index is 3.52. The molecule has 0 amide bonds. The average molecular weight is 390 g/mol. The van der Waals surface area contributed by atoms with Gasteiger partial charge in [0.05, 0.1) is 0 Å². The van der Waals surface area contributed by atoms with E-state index in [9.17, 15) is 0 Å². The van der Waals surface area contributed by atoms with E-state index in [1.807, 2.05) is 0 Å². The molecule has 2 heteroatoms. The van der Waals surface area contributed by atoms with Crippen LogP contribution >= 0.6 is 15.9 Å². The largest absolute Gasteiger partial charge is 0.344 e. The summed E-state index contributed by atoms with van der Waals surface area (Å²) in [5.74, 6) is 0. The van der Waals surface area contributed by atoms with Gasteiger partial charge in [-0.3, -0.25) is 0 Å². The standard InChI is InChI=1S/C13H10BrN.C10H10/c1-15-12-5-3-2-4-10(12)11-8-9(14)6-7-13(11)15;1-2-6-10-8-4-3-7-9(10)5-1/h2-8H,1H3;1-3,5-7H,4,8H2. The second-order valence-electron chi connectivity index (χ2n) is 6.38. The normalized spacial score (nSPS) is 12.7. The van der Waals surface area contributed by atoms with E-state index in [1.54, 1.807) is 0 Å². The maximum Gasteiger partial charge on any atom is 0.0489 e. The Hall–Kier alpha value is -2.32. The summed E-state index contributed by atoms with van der Waals surface area (Å²) in [6.45, 7) is 0. The number of benzene rings is 3. The minimum Gasteiger partial charge on any atom is -0.344 e. The van der Waals surface area contributed by atoms with Crippen molar-refractivity contribution in [1.29, 1.82) is 0 Å². The van der Waals surface area contributed by atoms with Gasteiger partial charge in [-0.2, -0.15) is 0 Å². The van der Waals surface area contributed by atoms with Gasteiger partial charge in [0, 0.05) is 33.3 Å². The number of aryl methyl sites for hydroxylation is 2. The van der Waals surface area contributed by atoms with Crippen molar-refractivity contribution in [3.8, 4) is 0 Å². The van der Waals surface area contributed by atoms with Gasteiger partial charge in [0.2, 0.25) is 0 Å². The van der Waals surface area contributed by atoms with Crippen LogP contribution in [0.5, 0.6) is 0 Å². The van der Waals surface area contributed by atoms with Crippen LogP contribution < -0.4 is 0 Å². The van der Waals surface area contributed by atoms with E-state index in [2.05, 4.69) is 106 Å². The first-order valence-electron chi connectivity index (χ1n) is 8.61. The lowest BCUT2D eigenvalue weighted by atomic mass is 9.98. The Kier molecular flexibility index (Phi) is 4.46. The first-order chi connectivity index (χ1) is 12.2. The Balaban J connectivity index is 0.000000136. The number of rotatable bonds is 0. The molecule has 3 aromatic carbocycles.